The molecule has 0 unspecified atom stereocenters. The van der Waals surface area contributed by atoms with Gasteiger partial charge < -0.3 is 10.5 Å². The first-order valence-electron chi connectivity index (χ1n) is 3.91. The Morgan fingerprint density at radius 2 is 2.43 bits per heavy atom. The SMILES string of the molecule is COc1ccnc2n[nH]c(C(N)=O)c12. The maximum Gasteiger partial charge on any atom is 0.267 e. The molecule has 6 heteroatoms. The first kappa shape index (κ1) is 8.49. The Hall–Kier alpha value is -2.11. The van der Waals surface area contributed by atoms with Crippen LogP contribution in [-0.2, 0) is 0 Å². The maximum absolute atomic E-state index is 11.0. The number of hydrogen-bond acceptors (Lipinski definition) is 4. The normalized spacial score (nSPS) is 10.4. The molecule has 2 rings (SSSR count). The van der Waals surface area contributed by atoms with Crippen LogP contribution in [0, 0.1) is 0 Å². The average Bonchev–Trinajstić information content (AvgIpc) is 2.60. The second kappa shape index (κ2) is 2.99. The molecule has 72 valence electrons. The van der Waals surface area contributed by atoms with Gasteiger partial charge in [-0.05, 0) is 6.07 Å². The topological polar surface area (TPSA) is 93.9 Å². The number of hydrogen-bond donors (Lipinski definition) is 2. The van der Waals surface area contributed by atoms with Gasteiger partial charge in [-0.25, -0.2) is 4.98 Å². The number of nitrogens with two attached hydrogens (primary N) is 1. The molecule has 1 amide bonds. The van der Waals surface area contributed by atoms with E-state index >= 15 is 0 Å². The van der Waals surface area contributed by atoms with Crippen LogP contribution in [0.15, 0.2) is 12.3 Å². The number of primary amides is 1. The summed E-state index contributed by atoms with van der Waals surface area (Å²) in [7, 11) is 1.51. The minimum Gasteiger partial charge on any atom is -0.496 e. The molecule has 0 aromatic carbocycles. The number of fused-ring (bicyclic) bond motifs is 1. The second-order valence-electron chi connectivity index (χ2n) is 2.67. The molecule has 0 aliphatic rings. The number of carbonyl (C=O) groups is 1. The Labute approximate surface area is 79.1 Å². The Bertz CT molecular complexity index is 491. The van der Waals surface area contributed by atoms with Gasteiger partial charge in [0, 0.05) is 6.20 Å². The highest BCUT2D eigenvalue weighted by molar-refractivity contribution is 6.05. The third-order valence-corrected chi connectivity index (χ3v) is 1.88. The molecule has 14 heavy (non-hydrogen) atoms. The van der Waals surface area contributed by atoms with Crippen molar-refractivity contribution in [3.63, 3.8) is 0 Å². The standard InChI is InChI=1S/C8H8N4O2/c1-14-4-2-3-10-8-5(4)6(7(9)13)11-12-8/h2-3H,1H3,(H2,9,13)(H,10,11,12). The van der Waals surface area contributed by atoms with Crippen LogP contribution >= 0.6 is 0 Å². The highest BCUT2D eigenvalue weighted by atomic mass is 16.5. The first-order chi connectivity index (χ1) is 6.74. The lowest BCUT2D eigenvalue weighted by atomic mass is 10.2. The molecule has 0 aliphatic carbocycles. The van der Waals surface area contributed by atoms with Crippen molar-refractivity contribution < 1.29 is 9.53 Å². The van der Waals surface area contributed by atoms with Crippen LogP contribution in [0.2, 0.25) is 0 Å². The summed E-state index contributed by atoms with van der Waals surface area (Å²) < 4.78 is 5.07. The van der Waals surface area contributed by atoms with E-state index in [0.29, 0.717) is 16.8 Å². The fourth-order valence-electron chi connectivity index (χ4n) is 1.27. The maximum atomic E-state index is 11.0. The molecule has 0 fully saturated rings. The molecule has 0 saturated carbocycles. The Kier molecular flexibility index (Phi) is 1.81. The van der Waals surface area contributed by atoms with Crippen molar-refractivity contribution in [1.82, 2.24) is 15.2 Å². The molecule has 2 aromatic rings. The molecule has 2 heterocycles. The van der Waals surface area contributed by atoms with E-state index in [2.05, 4.69) is 15.2 Å². The van der Waals surface area contributed by atoms with Crippen LogP contribution in [0.5, 0.6) is 5.75 Å². The summed E-state index contributed by atoms with van der Waals surface area (Å²) in [6, 6.07) is 1.64. The first-order valence-corrected chi connectivity index (χ1v) is 3.91. The molecule has 0 aliphatic heterocycles. The van der Waals surface area contributed by atoms with Gasteiger partial charge in [-0.15, -0.1) is 0 Å². The molecule has 3 N–H and O–H groups in total. The van der Waals surface area contributed by atoms with Gasteiger partial charge in [0.05, 0.1) is 12.5 Å². The molecular weight excluding hydrogens is 184 g/mol. The van der Waals surface area contributed by atoms with Crippen molar-refractivity contribution in [1.29, 1.82) is 0 Å². The predicted octanol–water partition coefficient (Wildman–Crippen LogP) is 0.0654. The van der Waals surface area contributed by atoms with Gasteiger partial charge in [-0.2, -0.15) is 5.10 Å². The van der Waals surface area contributed by atoms with Crippen molar-refractivity contribution in [3.8, 4) is 5.75 Å². The summed E-state index contributed by atoms with van der Waals surface area (Å²) in [5, 5.41) is 6.87. The molecule has 6 nitrogen and oxygen atoms in total. The van der Waals surface area contributed by atoms with Gasteiger partial charge in [0.2, 0.25) is 0 Å². The van der Waals surface area contributed by atoms with Crippen molar-refractivity contribution in [2.24, 2.45) is 5.73 Å². The van der Waals surface area contributed by atoms with E-state index in [0.717, 1.165) is 0 Å². The lowest BCUT2D eigenvalue weighted by Crippen LogP contribution is -2.12. The zero-order chi connectivity index (χ0) is 10.1. The number of ether oxygens (including phenoxy) is 1. The van der Waals surface area contributed by atoms with E-state index in [1.165, 1.54) is 7.11 Å². The minimum atomic E-state index is -0.584. The van der Waals surface area contributed by atoms with Gasteiger partial charge >= 0.3 is 0 Å². The largest absolute Gasteiger partial charge is 0.496 e. The number of amides is 1. The van der Waals surface area contributed by atoms with Crippen LogP contribution in [-0.4, -0.2) is 28.2 Å². The van der Waals surface area contributed by atoms with Crippen molar-refractivity contribution in [2.75, 3.05) is 7.11 Å². The number of H-pyrrole nitrogens is 1. The van der Waals surface area contributed by atoms with E-state index in [-0.39, 0.29) is 5.69 Å². The Morgan fingerprint density at radius 1 is 1.64 bits per heavy atom. The Morgan fingerprint density at radius 3 is 3.07 bits per heavy atom. The van der Waals surface area contributed by atoms with E-state index in [4.69, 9.17) is 10.5 Å². The second-order valence-corrected chi connectivity index (χ2v) is 2.67. The highest BCUT2D eigenvalue weighted by Crippen LogP contribution is 2.24. The van der Waals surface area contributed by atoms with Crippen molar-refractivity contribution in [2.45, 2.75) is 0 Å². The fourth-order valence-corrected chi connectivity index (χ4v) is 1.27. The zero-order valence-corrected chi connectivity index (χ0v) is 7.44. The molecule has 0 radical (unpaired) electrons. The summed E-state index contributed by atoms with van der Waals surface area (Å²) in [6.45, 7) is 0. The smallest absolute Gasteiger partial charge is 0.267 e. The summed E-state index contributed by atoms with van der Waals surface area (Å²) in [4.78, 5) is 15.0. The highest BCUT2D eigenvalue weighted by Gasteiger charge is 2.14. The predicted molar refractivity (Wildman–Crippen MR) is 49.0 cm³/mol. The van der Waals surface area contributed by atoms with E-state index in [1.807, 2.05) is 0 Å². The fraction of sp³-hybridized carbons (Fsp3) is 0.125. The van der Waals surface area contributed by atoms with Crippen LogP contribution in [0.25, 0.3) is 11.0 Å². The molecule has 0 spiro atoms. The molecule has 0 bridgehead atoms. The average molecular weight is 192 g/mol. The van der Waals surface area contributed by atoms with E-state index in [1.54, 1.807) is 12.3 Å². The molecular formula is C8H8N4O2. The Balaban J connectivity index is 2.81. The van der Waals surface area contributed by atoms with Crippen LogP contribution in [0.3, 0.4) is 0 Å². The van der Waals surface area contributed by atoms with Crippen LogP contribution in [0.4, 0.5) is 0 Å². The van der Waals surface area contributed by atoms with Gasteiger partial charge in [-0.3, -0.25) is 9.89 Å². The molecule has 0 atom stereocenters. The number of rotatable bonds is 2. The number of methoxy groups -OCH3 is 1. The monoisotopic (exact) mass is 192 g/mol. The summed E-state index contributed by atoms with van der Waals surface area (Å²) >= 11 is 0. The van der Waals surface area contributed by atoms with Crippen molar-refractivity contribution in [3.05, 3.63) is 18.0 Å². The molecule has 2 aromatic heterocycles. The van der Waals surface area contributed by atoms with Gasteiger partial charge in [0.25, 0.3) is 5.91 Å². The quantitative estimate of drug-likeness (QED) is 0.703. The van der Waals surface area contributed by atoms with E-state index in [9.17, 15) is 4.79 Å². The third-order valence-electron chi connectivity index (χ3n) is 1.88. The zero-order valence-electron chi connectivity index (χ0n) is 7.44. The summed E-state index contributed by atoms with van der Waals surface area (Å²) in [5.74, 6) is -0.0589. The van der Waals surface area contributed by atoms with Crippen LogP contribution in [0.1, 0.15) is 10.5 Å². The lowest BCUT2D eigenvalue weighted by molar-refractivity contribution is 0.0997. The van der Waals surface area contributed by atoms with E-state index < -0.39 is 5.91 Å². The van der Waals surface area contributed by atoms with Gasteiger partial charge in [0.15, 0.2) is 5.65 Å². The number of nitrogens with zero attached hydrogens (tertiary/aromatic N) is 2. The number of nitrogens with one attached hydrogen (secondary N) is 1. The van der Waals surface area contributed by atoms with Crippen molar-refractivity contribution >= 4 is 16.9 Å². The minimum absolute atomic E-state index is 0.213. The number of aromatic nitrogens is 3. The van der Waals surface area contributed by atoms with Crippen LogP contribution < -0.4 is 10.5 Å². The summed E-state index contributed by atoms with van der Waals surface area (Å²) in [5.41, 5.74) is 5.78. The van der Waals surface area contributed by atoms with Gasteiger partial charge in [0.1, 0.15) is 11.4 Å². The lowest BCUT2D eigenvalue weighted by Gasteiger charge is -2.00. The number of carbonyl (C=O) groups excluding carboxylic acids is 1. The number of aromatic amines is 1. The number of pyridine rings is 1. The third kappa shape index (κ3) is 1.08. The molecule has 0 saturated heterocycles. The van der Waals surface area contributed by atoms with Gasteiger partial charge in [-0.1, -0.05) is 0 Å². The summed E-state index contributed by atoms with van der Waals surface area (Å²) in [6.07, 6.45) is 1.55.